The Bertz CT molecular complexity index is 1030. The van der Waals surface area contributed by atoms with Crippen molar-refractivity contribution in [2.75, 3.05) is 7.11 Å². The van der Waals surface area contributed by atoms with Crippen LogP contribution in [0, 0.1) is 6.92 Å². The van der Waals surface area contributed by atoms with Crippen LogP contribution in [0.5, 0.6) is 11.5 Å². The molecule has 0 aliphatic carbocycles. The highest BCUT2D eigenvalue weighted by molar-refractivity contribution is 6.02. The fourth-order valence-electron chi connectivity index (χ4n) is 3.94. The second kappa shape index (κ2) is 6.71. The van der Waals surface area contributed by atoms with Crippen molar-refractivity contribution in [1.29, 1.82) is 0 Å². The lowest BCUT2D eigenvalue weighted by atomic mass is 9.95. The molecule has 5 rings (SSSR count). The van der Waals surface area contributed by atoms with Crippen LogP contribution in [0.25, 0.3) is 0 Å². The van der Waals surface area contributed by atoms with Crippen LogP contribution >= 0.6 is 0 Å². The number of methoxy groups -OCH3 is 1. The van der Waals surface area contributed by atoms with E-state index in [0.29, 0.717) is 0 Å². The van der Waals surface area contributed by atoms with Gasteiger partial charge in [-0.1, -0.05) is 48.0 Å². The molecular formula is C24H22N2O2. The maximum Gasteiger partial charge on any atom is 0.213 e. The Labute approximate surface area is 165 Å². The molecule has 2 heterocycles. The highest BCUT2D eigenvalue weighted by Crippen LogP contribution is 2.47. The van der Waals surface area contributed by atoms with Crippen LogP contribution in [0.3, 0.4) is 0 Å². The molecule has 0 bridgehead atoms. The first kappa shape index (κ1) is 16.9. The van der Waals surface area contributed by atoms with E-state index in [9.17, 15) is 0 Å². The van der Waals surface area contributed by atoms with Crippen LogP contribution in [0.1, 0.15) is 40.9 Å². The second-order valence-corrected chi connectivity index (χ2v) is 7.29. The lowest BCUT2D eigenvalue weighted by Gasteiger charge is -2.38. The van der Waals surface area contributed by atoms with E-state index in [4.69, 9.17) is 14.6 Å². The molecule has 3 aromatic rings. The number of hydrogen-bond donors (Lipinski definition) is 0. The smallest absolute Gasteiger partial charge is 0.213 e. The molecule has 0 saturated heterocycles. The van der Waals surface area contributed by atoms with Gasteiger partial charge in [0.05, 0.1) is 18.9 Å². The summed E-state index contributed by atoms with van der Waals surface area (Å²) in [6, 6.07) is 25.1. The van der Waals surface area contributed by atoms with E-state index in [1.807, 2.05) is 36.4 Å². The summed E-state index contributed by atoms with van der Waals surface area (Å²) in [5, 5.41) is 7.11. The van der Waals surface area contributed by atoms with E-state index in [1.54, 1.807) is 7.11 Å². The molecule has 0 amide bonds. The molecule has 3 aromatic carbocycles. The van der Waals surface area contributed by atoms with Gasteiger partial charge in [-0.3, -0.25) is 0 Å². The second-order valence-electron chi connectivity index (χ2n) is 7.29. The SMILES string of the molecule is COc1ccc([C@H]2Oc3ccccc3[C@@H]3CC(c4ccc(C)cc4)=NN23)cc1. The number of benzene rings is 3. The molecule has 0 N–H and O–H groups in total. The minimum atomic E-state index is -0.256. The monoisotopic (exact) mass is 370 g/mol. The average molecular weight is 370 g/mol. The molecule has 140 valence electrons. The summed E-state index contributed by atoms with van der Waals surface area (Å²) < 4.78 is 11.7. The van der Waals surface area contributed by atoms with Crippen LogP contribution in [-0.2, 0) is 0 Å². The number of hydrogen-bond acceptors (Lipinski definition) is 4. The number of nitrogens with zero attached hydrogens (tertiary/aromatic N) is 2. The van der Waals surface area contributed by atoms with Crippen molar-refractivity contribution in [3.8, 4) is 11.5 Å². The van der Waals surface area contributed by atoms with E-state index < -0.39 is 0 Å². The Morgan fingerprint density at radius 3 is 2.46 bits per heavy atom. The van der Waals surface area contributed by atoms with Crippen LogP contribution < -0.4 is 9.47 Å². The summed E-state index contributed by atoms with van der Waals surface area (Å²) >= 11 is 0. The average Bonchev–Trinajstić information content (AvgIpc) is 3.19. The third kappa shape index (κ3) is 2.82. The minimum absolute atomic E-state index is 0.174. The zero-order chi connectivity index (χ0) is 19.1. The summed E-state index contributed by atoms with van der Waals surface area (Å²) in [7, 11) is 1.68. The van der Waals surface area contributed by atoms with Crippen molar-refractivity contribution in [2.24, 2.45) is 5.10 Å². The zero-order valence-corrected chi connectivity index (χ0v) is 16.0. The summed E-state index contributed by atoms with van der Waals surface area (Å²) in [6.45, 7) is 2.10. The summed E-state index contributed by atoms with van der Waals surface area (Å²) in [5.74, 6) is 1.77. The maximum atomic E-state index is 6.39. The van der Waals surface area contributed by atoms with Crippen molar-refractivity contribution in [3.05, 3.63) is 95.1 Å². The molecule has 4 heteroatoms. The van der Waals surface area contributed by atoms with Gasteiger partial charge in [-0.25, -0.2) is 5.01 Å². The van der Waals surface area contributed by atoms with Gasteiger partial charge in [-0.2, -0.15) is 5.10 Å². The molecule has 0 unspecified atom stereocenters. The topological polar surface area (TPSA) is 34.1 Å². The molecule has 2 aliphatic heterocycles. The molecule has 2 aliphatic rings. The third-order valence-corrected chi connectivity index (χ3v) is 5.48. The predicted molar refractivity (Wildman–Crippen MR) is 110 cm³/mol. The largest absolute Gasteiger partial charge is 0.497 e. The van der Waals surface area contributed by atoms with Gasteiger partial charge in [-0.15, -0.1) is 0 Å². The quantitative estimate of drug-likeness (QED) is 0.632. The van der Waals surface area contributed by atoms with E-state index >= 15 is 0 Å². The van der Waals surface area contributed by atoms with Crippen molar-refractivity contribution >= 4 is 5.71 Å². The lowest BCUT2D eigenvalue weighted by Crippen LogP contribution is -2.33. The zero-order valence-electron chi connectivity index (χ0n) is 16.0. The van der Waals surface area contributed by atoms with E-state index in [2.05, 4.69) is 48.3 Å². The maximum absolute atomic E-state index is 6.39. The van der Waals surface area contributed by atoms with Gasteiger partial charge in [0, 0.05) is 17.5 Å². The van der Waals surface area contributed by atoms with Gasteiger partial charge < -0.3 is 9.47 Å². The summed E-state index contributed by atoms with van der Waals surface area (Å²) in [4.78, 5) is 0. The number of rotatable bonds is 3. The molecule has 0 saturated carbocycles. The van der Waals surface area contributed by atoms with Crippen LogP contribution in [-0.4, -0.2) is 17.8 Å². The van der Waals surface area contributed by atoms with Gasteiger partial charge in [0.2, 0.25) is 6.23 Å². The van der Waals surface area contributed by atoms with Crippen LogP contribution in [0.15, 0.2) is 77.9 Å². The van der Waals surface area contributed by atoms with Gasteiger partial charge >= 0.3 is 0 Å². The number of hydrazone groups is 1. The highest BCUT2D eigenvalue weighted by atomic mass is 16.5. The Morgan fingerprint density at radius 1 is 0.964 bits per heavy atom. The predicted octanol–water partition coefficient (Wildman–Crippen LogP) is 5.25. The van der Waals surface area contributed by atoms with Gasteiger partial charge in [0.25, 0.3) is 0 Å². The Kier molecular flexibility index (Phi) is 4.05. The number of fused-ring (bicyclic) bond motifs is 3. The van der Waals surface area contributed by atoms with Crippen LogP contribution in [0.2, 0.25) is 0 Å². The molecule has 0 aromatic heterocycles. The fourth-order valence-corrected chi connectivity index (χ4v) is 3.94. The van der Waals surface area contributed by atoms with E-state index in [1.165, 1.54) is 16.7 Å². The standard InChI is InChI=1S/C24H22N2O2/c1-16-7-9-17(10-8-16)21-15-22-20-5-3-4-6-23(20)28-24(26(22)25-21)18-11-13-19(27-2)14-12-18/h3-14,22,24H,15H2,1-2H3/t22-,24+/m0/s1. The highest BCUT2D eigenvalue weighted by Gasteiger charge is 2.40. The lowest BCUT2D eigenvalue weighted by molar-refractivity contribution is -0.0190. The number of ether oxygens (including phenoxy) is 2. The molecule has 0 spiro atoms. The summed E-state index contributed by atoms with van der Waals surface area (Å²) in [6.07, 6.45) is 0.615. The molecular weight excluding hydrogens is 348 g/mol. The van der Waals surface area contributed by atoms with E-state index in [-0.39, 0.29) is 12.3 Å². The van der Waals surface area contributed by atoms with Crippen molar-refractivity contribution in [3.63, 3.8) is 0 Å². The summed E-state index contributed by atoms with van der Waals surface area (Å²) in [5.41, 5.74) is 5.78. The number of aryl methyl sites for hydroxylation is 1. The molecule has 2 atom stereocenters. The first-order valence-corrected chi connectivity index (χ1v) is 9.55. The van der Waals surface area contributed by atoms with Crippen molar-refractivity contribution in [1.82, 2.24) is 5.01 Å². The first-order chi connectivity index (χ1) is 13.7. The Balaban J connectivity index is 1.56. The minimum Gasteiger partial charge on any atom is -0.497 e. The van der Waals surface area contributed by atoms with Crippen molar-refractivity contribution in [2.45, 2.75) is 25.6 Å². The normalized spacial score (nSPS) is 20.1. The Hall–Kier alpha value is -3.27. The molecule has 0 radical (unpaired) electrons. The third-order valence-electron chi connectivity index (χ3n) is 5.48. The van der Waals surface area contributed by atoms with E-state index in [0.717, 1.165) is 29.2 Å². The first-order valence-electron chi connectivity index (χ1n) is 9.55. The van der Waals surface area contributed by atoms with Gasteiger partial charge in [-0.05, 0) is 42.8 Å². The molecule has 0 fully saturated rings. The number of para-hydroxylation sites is 1. The van der Waals surface area contributed by atoms with Gasteiger partial charge in [0.1, 0.15) is 11.5 Å². The van der Waals surface area contributed by atoms with Crippen molar-refractivity contribution < 1.29 is 9.47 Å². The molecule has 28 heavy (non-hydrogen) atoms. The fraction of sp³-hybridized carbons (Fsp3) is 0.208. The van der Waals surface area contributed by atoms with Crippen LogP contribution in [0.4, 0.5) is 0 Å². The Morgan fingerprint density at radius 2 is 1.71 bits per heavy atom. The van der Waals surface area contributed by atoms with Gasteiger partial charge in [0.15, 0.2) is 0 Å². The molecule has 4 nitrogen and oxygen atoms in total.